The van der Waals surface area contributed by atoms with Crippen molar-refractivity contribution in [2.24, 2.45) is 0 Å². The SMILES string of the molecule is COc1ccc(C#N)cc1CNc1ccc(F)cc1Br. The van der Waals surface area contributed by atoms with Crippen LogP contribution in [-0.4, -0.2) is 7.11 Å². The lowest BCUT2D eigenvalue weighted by Crippen LogP contribution is -2.03. The summed E-state index contributed by atoms with van der Waals surface area (Å²) in [7, 11) is 1.58. The molecule has 0 fully saturated rings. The Bertz CT molecular complexity index is 667. The van der Waals surface area contributed by atoms with Gasteiger partial charge in [0, 0.05) is 22.3 Å². The first-order valence-electron chi connectivity index (χ1n) is 5.90. The van der Waals surface area contributed by atoms with Crippen molar-refractivity contribution in [3.8, 4) is 11.8 Å². The van der Waals surface area contributed by atoms with E-state index in [4.69, 9.17) is 10.00 Å². The lowest BCUT2D eigenvalue weighted by molar-refractivity contribution is 0.410. The highest BCUT2D eigenvalue weighted by molar-refractivity contribution is 9.10. The molecule has 0 aliphatic heterocycles. The molecule has 0 atom stereocenters. The Balaban J connectivity index is 2.20. The molecule has 1 N–H and O–H groups in total. The van der Waals surface area contributed by atoms with Crippen LogP contribution in [0.25, 0.3) is 0 Å². The molecule has 5 heteroatoms. The fourth-order valence-electron chi connectivity index (χ4n) is 1.81. The van der Waals surface area contributed by atoms with Gasteiger partial charge in [-0.05, 0) is 52.3 Å². The van der Waals surface area contributed by atoms with Gasteiger partial charge in [0.25, 0.3) is 0 Å². The second-order valence-corrected chi connectivity index (χ2v) is 4.97. The molecule has 0 aromatic heterocycles. The zero-order valence-corrected chi connectivity index (χ0v) is 12.4. The van der Waals surface area contributed by atoms with E-state index < -0.39 is 0 Å². The van der Waals surface area contributed by atoms with Crippen LogP contribution in [-0.2, 0) is 6.54 Å². The second-order valence-electron chi connectivity index (χ2n) is 4.12. The average Bonchev–Trinajstić information content (AvgIpc) is 2.46. The van der Waals surface area contributed by atoms with Crippen molar-refractivity contribution in [3.63, 3.8) is 0 Å². The van der Waals surface area contributed by atoms with Crippen LogP contribution in [0.4, 0.5) is 10.1 Å². The molecule has 0 aliphatic carbocycles. The van der Waals surface area contributed by atoms with Gasteiger partial charge in [0.1, 0.15) is 11.6 Å². The molecular formula is C15H12BrFN2O. The van der Waals surface area contributed by atoms with Gasteiger partial charge < -0.3 is 10.1 Å². The summed E-state index contributed by atoms with van der Waals surface area (Å²) in [5, 5.41) is 12.1. The number of hydrogen-bond acceptors (Lipinski definition) is 3. The molecule has 0 heterocycles. The lowest BCUT2D eigenvalue weighted by atomic mass is 10.1. The van der Waals surface area contributed by atoms with Crippen LogP contribution >= 0.6 is 15.9 Å². The van der Waals surface area contributed by atoms with E-state index >= 15 is 0 Å². The van der Waals surface area contributed by atoms with Gasteiger partial charge in [-0.25, -0.2) is 4.39 Å². The number of methoxy groups -OCH3 is 1. The van der Waals surface area contributed by atoms with Gasteiger partial charge in [0.2, 0.25) is 0 Å². The number of nitrogens with one attached hydrogen (secondary N) is 1. The highest BCUT2D eigenvalue weighted by Gasteiger charge is 2.06. The Morgan fingerprint density at radius 1 is 1.30 bits per heavy atom. The number of halogens is 2. The highest BCUT2D eigenvalue weighted by atomic mass is 79.9. The molecule has 0 unspecified atom stereocenters. The molecule has 3 nitrogen and oxygen atoms in total. The van der Waals surface area contributed by atoms with E-state index in [2.05, 4.69) is 27.3 Å². The molecule has 2 aromatic carbocycles. The van der Waals surface area contributed by atoms with Gasteiger partial charge in [0.15, 0.2) is 0 Å². The van der Waals surface area contributed by atoms with Crippen LogP contribution in [0.3, 0.4) is 0 Å². The highest BCUT2D eigenvalue weighted by Crippen LogP contribution is 2.25. The Kier molecular flexibility index (Phi) is 4.59. The number of benzene rings is 2. The van der Waals surface area contributed by atoms with Crippen molar-refractivity contribution < 1.29 is 9.13 Å². The largest absolute Gasteiger partial charge is 0.496 e. The van der Waals surface area contributed by atoms with Gasteiger partial charge >= 0.3 is 0 Å². The van der Waals surface area contributed by atoms with E-state index in [0.29, 0.717) is 22.3 Å². The van der Waals surface area contributed by atoms with E-state index in [1.54, 1.807) is 31.4 Å². The topological polar surface area (TPSA) is 45.0 Å². The Morgan fingerprint density at radius 3 is 2.75 bits per heavy atom. The summed E-state index contributed by atoms with van der Waals surface area (Å²) in [5.74, 6) is 0.404. The van der Waals surface area contributed by atoms with Crippen LogP contribution in [0.1, 0.15) is 11.1 Å². The van der Waals surface area contributed by atoms with Crippen LogP contribution in [0, 0.1) is 17.1 Å². The molecule has 102 valence electrons. The number of hydrogen-bond donors (Lipinski definition) is 1. The molecule has 0 saturated heterocycles. The maximum atomic E-state index is 13.0. The van der Waals surface area contributed by atoms with Crippen molar-refractivity contribution in [3.05, 3.63) is 57.8 Å². The number of nitrogens with zero attached hydrogens (tertiary/aromatic N) is 1. The number of nitriles is 1. The minimum atomic E-state index is -0.300. The molecule has 2 rings (SSSR count). The lowest BCUT2D eigenvalue weighted by Gasteiger charge is -2.12. The summed E-state index contributed by atoms with van der Waals surface area (Å²) in [5.41, 5.74) is 2.21. The maximum Gasteiger partial charge on any atom is 0.124 e. The molecule has 0 radical (unpaired) electrons. The first kappa shape index (κ1) is 14.4. The van der Waals surface area contributed by atoms with Crippen molar-refractivity contribution in [1.29, 1.82) is 5.26 Å². The molecular weight excluding hydrogens is 323 g/mol. The zero-order chi connectivity index (χ0) is 14.5. The summed E-state index contributed by atoms with van der Waals surface area (Å²) >= 11 is 3.30. The van der Waals surface area contributed by atoms with Gasteiger partial charge in [0.05, 0.1) is 18.7 Å². The molecule has 20 heavy (non-hydrogen) atoms. The minimum Gasteiger partial charge on any atom is -0.496 e. The molecule has 0 saturated carbocycles. The van der Waals surface area contributed by atoms with Gasteiger partial charge in [-0.3, -0.25) is 0 Å². The fourth-order valence-corrected chi connectivity index (χ4v) is 2.30. The van der Waals surface area contributed by atoms with E-state index in [9.17, 15) is 4.39 Å². The monoisotopic (exact) mass is 334 g/mol. The average molecular weight is 335 g/mol. The quantitative estimate of drug-likeness (QED) is 0.916. The summed E-state index contributed by atoms with van der Waals surface area (Å²) in [6, 6.07) is 11.8. The molecule has 0 bridgehead atoms. The molecule has 0 amide bonds. The van der Waals surface area contributed by atoms with E-state index in [-0.39, 0.29) is 5.82 Å². The minimum absolute atomic E-state index is 0.300. The zero-order valence-electron chi connectivity index (χ0n) is 10.8. The maximum absolute atomic E-state index is 13.0. The number of rotatable bonds is 4. The summed E-state index contributed by atoms with van der Waals surface area (Å²) < 4.78 is 18.9. The van der Waals surface area contributed by atoms with Crippen LogP contribution in [0.15, 0.2) is 40.9 Å². The van der Waals surface area contributed by atoms with Gasteiger partial charge in [-0.1, -0.05) is 0 Å². The van der Waals surface area contributed by atoms with Crippen LogP contribution in [0.5, 0.6) is 5.75 Å². The summed E-state index contributed by atoms with van der Waals surface area (Å²) in [6.45, 7) is 0.475. The first-order valence-corrected chi connectivity index (χ1v) is 6.69. The second kappa shape index (κ2) is 6.40. The number of ether oxygens (including phenoxy) is 1. The standard InChI is InChI=1S/C15H12BrFN2O/c1-20-15-5-2-10(8-18)6-11(15)9-19-14-4-3-12(17)7-13(14)16/h2-7,19H,9H2,1H3. The third kappa shape index (κ3) is 3.28. The van der Waals surface area contributed by atoms with Crippen LogP contribution < -0.4 is 10.1 Å². The Hall–Kier alpha value is -2.06. The van der Waals surface area contributed by atoms with Crippen molar-refractivity contribution in [1.82, 2.24) is 0 Å². The van der Waals surface area contributed by atoms with Crippen molar-refractivity contribution in [2.45, 2.75) is 6.54 Å². The smallest absolute Gasteiger partial charge is 0.124 e. The summed E-state index contributed by atoms with van der Waals surface area (Å²) in [6.07, 6.45) is 0. The van der Waals surface area contributed by atoms with Gasteiger partial charge in [-0.15, -0.1) is 0 Å². The molecule has 0 aliphatic rings. The van der Waals surface area contributed by atoms with E-state index in [1.807, 2.05) is 0 Å². The van der Waals surface area contributed by atoms with E-state index in [1.165, 1.54) is 12.1 Å². The number of anilines is 1. The normalized spacial score (nSPS) is 9.90. The Labute approximate surface area is 125 Å². The predicted molar refractivity (Wildman–Crippen MR) is 79.1 cm³/mol. The molecule has 2 aromatic rings. The predicted octanol–water partition coefficient (Wildman–Crippen LogP) is 4.08. The Morgan fingerprint density at radius 2 is 2.10 bits per heavy atom. The molecule has 0 spiro atoms. The third-order valence-electron chi connectivity index (χ3n) is 2.81. The summed E-state index contributed by atoms with van der Waals surface area (Å²) in [4.78, 5) is 0. The van der Waals surface area contributed by atoms with Crippen LogP contribution in [0.2, 0.25) is 0 Å². The van der Waals surface area contributed by atoms with Crippen molar-refractivity contribution >= 4 is 21.6 Å². The third-order valence-corrected chi connectivity index (χ3v) is 3.47. The van der Waals surface area contributed by atoms with Gasteiger partial charge in [-0.2, -0.15) is 5.26 Å². The fraction of sp³-hybridized carbons (Fsp3) is 0.133. The van der Waals surface area contributed by atoms with Crippen molar-refractivity contribution in [2.75, 3.05) is 12.4 Å². The van der Waals surface area contributed by atoms with E-state index in [0.717, 1.165) is 11.3 Å². The first-order chi connectivity index (χ1) is 9.63.